The fraction of sp³-hybridized carbons (Fsp3) is 0.143. The van der Waals surface area contributed by atoms with Crippen LogP contribution >= 0.6 is 0 Å². The van der Waals surface area contributed by atoms with Crippen molar-refractivity contribution in [3.8, 4) is 0 Å². The van der Waals surface area contributed by atoms with E-state index in [1.165, 1.54) is 7.05 Å². The van der Waals surface area contributed by atoms with Crippen LogP contribution in [-0.4, -0.2) is 23.1 Å². The van der Waals surface area contributed by atoms with Crippen LogP contribution in [0.25, 0.3) is 0 Å². The van der Waals surface area contributed by atoms with Crippen LogP contribution in [0.5, 0.6) is 0 Å². The molecule has 0 aliphatic heterocycles. The van der Waals surface area contributed by atoms with Gasteiger partial charge in [-0.15, -0.1) is 0 Å². The van der Waals surface area contributed by atoms with Gasteiger partial charge in [0, 0.05) is 13.2 Å². The van der Waals surface area contributed by atoms with Gasteiger partial charge in [-0.05, 0) is 12.1 Å². The lowest BCUT2D eigenvalue weighted by atomic mass is 10.5. The topological polar surface area (TPSA) is 71.2 Å². The average molecular weight is 166 g/mol. The molecule has 0 aromatic carbocycles. The number of hydrogen-bond donors (Lipinski definition) is 2. The molecular formula is C7H10N4O. The van der Waals surface area contributed by atoms with Crippen LogP contribution in [0.15, 0.2) is 24.4 Å². The third-order valence-corrected chi connectivity index (χ3v) is 1.22. The van der Waals surface area contributed by atoms with Crippen LogP contribution in [0, 0.1) is 0 Å². The van der Waals surface area contributed by atoms with Gasteiger partial charge >= 0.3 is 6.03 Å². The first-order valence-electron chi connectivity index (χ1n) is 3.40. The van der Waals surface area contributed by atoms with Crippen LogP contribution < -0.4 is 11.2 Å². The highest BCUT2D eigenvalue weighted by Gasteiger charge is 2.03. The van der Waals surface area contributed by atoms with Crippen molar-refractivity contribution in [2.75, 3.05) is 12.4 Å². The number of nitrogens with one attached hydrogen (secondary N) is 1. The van der Waals surface area contributed by atoms with E-state index in [2.05, 4.69) is 10.3 Å². The molecule has 0 bridgehead atoms. The van der Waals surface area contributed by atoms with Crippen molar-refractivity contribution in [2.45, 2.75) is 0 Å². The minimum Gasteiger partial charge on any atom is -0.291 e. The summed E-state index contributed by atoms with van der Waals surface area (Å²) < 4.78 is 0. The molecule has 3 N–H and O–H groups in total. The third kappa shape index (κ3) is 2.21. The van der Waals surface area contributed by atoms with Crippen LogP contribution in [0.3, 0.4) is 0 Å². The number of nitrogens with two attached hydrogens (primary N) is 1. The van der Waals surface area contributed by atoms with Gasteiger partial charge < -0.3 is 0 Å². The molecule has 0 spiro atoms. The maximum Gasteiger partial charge on any atom is 0.336 e. The Kier molecular flexibility index (Phi) is 2.60. The second-order valence-electron chi connectivity index (χ2n) is 2.26. The van der Waals surface area contributed by atoms with E-state index in [9.17, 15) is 4.79 Å². The molecule has 5 heteroatoms. The van der Waals surface area contributed by atoms with Crippen LogP contribution in [0.2, 0.25) is 0 Å². The van der Waals surface area contributed by atoms with Gasteiger partial charge in [0.05, 0.1) is 0 Å². The van der Waals surface area contributed by atoms with Crippen molar-refractivity contribution in [1.29, 1.82) is 0 Å². The predicted octanol–water partition coefficient (Wildman–Crippen LogP) is 0.419. The number of anilines is 1. The lowest BCUT2D eigenvalue weighted by Gasteiger charge is -2.10. The first kappa shape index (κ1) is 8.48. The number of pyridine rings is 1. The third-order valence-electron chi connectivity index (χ3n) is 1.22. The molecule has 1 aromatic heterocycles. The second-order valence-corrected chi connectivity index (χ2v) is 2.26. The first-order valence-corrected chi connectivity index (χ1v) is 3.40. The summed E-state index contributed by atoms with van der Waals surface area (Å²) in [4.78, 5) is 14.8. The van der Waals surface area contributed by atoms with Crippen molar-refractivity contribution in [3.05, 3.63) is 24.4 Å². The fourth-order valence-electron chi connectivity index (χ4n) is 0.634. The molecule has 1 rings (SSSR count). The monoisotopic (exact) mass is 166 g/mol. The molecule has 1 heterocycles. The van der Waals surface area contributed by atoms with Crippen molar-refractivity contribution in [2.24, 2.45) is 5.84 Å². The van der Waals surface area contributed by atoms with Gasteiger partial charge in [-0.25, -0.2) is 15.6 Å². The summed E-state index contributed by atoms with van der Waals surface area (Å²) in [5.41, 5.74) is 0. The number of rotatable bonds is 1. The van der Waals surface area contributed by atoms with E-state index in [0.717, 1.165) is 5.01 Å². The van der Waals surface area contributed by atoms with E-state index in [0.29, 0.717) is 5.82 Å². The normalized spacial score (nSPS) is 9.17. The number of carbonyl (C=O) groups is 1. The number of carbonyl (C=O) groups excluding carboxylic acids is 1. The second kappa shape index (κ2) is 3.68. The zero-order chi connectivity index (χ0) is 8.97. The Hall–Kier alpha value is -1.62. The first-order chi connectivity index (χ1) is 5.70. The summed E-state index contributed by atoms with van der Waals surface area (Å²) in [6.45, 7) is 0. The minimum atomic E-state index is -0.395. The molecule has 0 aliphatic carbocycles. The number of urea groups is 1. The highest BCUT2D eigenvalue weighted by molar-refractivity contribution is 5.87. The van der Waals surface area contributed by atoms with Crippen molar-refractivity contribution < 1.29 is 4.79 Å². The van der Waals surface area contributed by atoms with Gasteiger partial charge in [0.15, 0.2) is 0 Å². The Balaban J connectivity index is 2.59. The zero-order valence-electron chi connectivity index (χ0n) is 6.69. The maximum atomic E-state index is 11.0. The smallest absolute Gasteiger partial charge is 0.291 e. The van der Waals surface area contributed by atoms with Gasteiger partial charge in [-0.1, -0.05) is 6.07 Å². The lowest BCUT2D eigenvalue weighted by Crippen LogP contribution is -2.37. The van der Waals surface area contributed by atoms with Gasteiger partial charge in [-0.2, -0.15) is 0 Å². The Morgan fingerprint density at radius 1 is 1.67 bits per heavy atom. The summed E-state index contributed by atoms with van der Waals surface area (Å²) >= 11 is 0. The summed E-state index contributed by atoms with van der Waals surface area (Å²) in [5.74, 6) is 5.66. The van der Waals surface area contributed by atoms with E-state index >= 15 is 0 Å². The Labute approximate surface area is 70.2 Å². The van der Waals surface area contributed by atoms with Crippen molar-refractivity contribution in [1.82, 2.24) is 9.99 Å². The summed E-state index contributed by atoms with van der Waals surface area (Å²) in [6, 6.07) is 4.83. The highest BCUT2D eigenvalue weighted by atomic mass is 16.2. The minimum absolute atomic E-state index is 0.395. The molecule has 0 radical (unpaired) electrons. The number of hydrazine groups is 1. The highest BCUT2D eigenvalue weighted by Crippen LogP contribution is 1.99. The molecule has 12 heavy (non-hydrogen) atoms. The molecule has 0 aliphatic rings. The SMILES string of the molecule is CN(N)C(=O)Nc1ccccn1. The number of nitrogens with zero attached hydrogens (tertiary/aromatic N) is 2. The average Bonchev–Trinajstić information content (AvgIpc) is 2.06. The molecule has 0 saturated heterocycles. The van der Waals surface area contributed by atoms with Gasteiger partial charge in [-0.3, -0.25) is 10.3 Å². The lowest BCUT2D eigenvalue weighted by molar-refractivity contribution is 0.223. The number of hydrogen-bond acceptors (Lipinski definition) is 3. The molecule has 0 fully saturated rings. The summed E-state index contributed by atoms with van der Waals surface area (Å²) in [6.07, 6.45) is 1.59. The van der Waals surface area contributed by atoms with E-state index in [1.807, 2.05) is 0 Å². The van der Waals surface area contributed by atoms with Gasteiger partial charge in [0.25, 0.3) is 0 Å². The molecule has 0 saturated carbocycles. The predicted molar refractivity (Wildman–Crippen MR) is 45.2 cm³/mol. The molecule has 1 aromatic rings. The van der Waals surface area contributed by atoms with Crippen molar-refractivity contribution in [3.63, 3.8) is 0 Å². The molecule has 64 valence electrons. The molecule has 0 unspecified atom stereocenters. The fourth-order valence-corrected chi connectivity index (χ4v) is 0.634. The van der Waals surface area contributed by atoms with Crippen molar-refractivity contribution >= 4 is 11.8 Å². The zero-order valence-corrected chi connectivity index (χ0v) is 6.69. The standard InChI is InChI=1S/C7H10N4O/c1-11(8)7(12)10-6-4-2-3-5-9-6/h2-5H,8H2,1H3,(H,9,10,12). The van der Waals surface area contributed by atoms with Crippen LogP contribution in [0.4, 0.5) is 10.6 Å². The van der Waals surface area contributed by atoms with Gasteiger partial charge in [0.1, 0.15) is 5.82 Å². The summed E-state index contributed by atoms with van der Waals surface area (Å²) in [7, 11) is 1.46. The molecule has 2 amide bonds. The van der Waals surface area contributed by atoms with E-state index in [4.69, 9.17) is 5.84 Å². The molecule has 5 nitrogen and oxygen atoms in total. The van der Waals surface area contributed by atoms with Gasteiger partial charge in [0.2, 0.25) is 0 Å². The largest absolute Gasteiger partial charge is 0.336 e. The van der Waals surface area contributed by atoms with E-state index < -0.39 is 6.03 Å². The maximum absolute atomic E-state index is 11.0. The Morgan fingerprint density at radius 2 is 2.42 bits per heavy atom. The quantitative estimate of drug-likeness (QED) is 0.361. The number of amides is 2. The van der Waals surface area contributed by atoms with Crippen LogP contribution in [-0.2, 0) is 0 Å². The Morgan fingerprint density at radius 3 is 2.92 bits per heavy atom. The van der Waals surface area contributed by atoms with E-state index in [-0.39, 0.29) is 0 Å². The molecular weight excluding hydrogens is 156 g/mol. The Bertz CT molecular complexity index is 259. The number of aromatic nitrogens is 1. The molecule has 0 atom stereocenters. The summed E-state index contributed by atoms with van der Waals surface area (Å²) in [5, 5.41) is 3.45. The van der Waals surface area contributed by atoms with Crippen LogP contribution in [0.1, 0.15) is 0 Å². The van der Waals surface area contributed by atoms with E-state index in [1.54, 1.807) is 24.4 Å².